The van der Waals surface area contributed by atoms with Gasteiger partial charge in [0, 0.05) is 26.1 Å². The van der Waals surface area contributed by atoms with Crippen molar-refractivity contribution in [3.05, 3.63) is 23.8 Å². The summed E-state index contributed by atoms with van der Waals surface area (Å²) in [5, 5.41) is 2.92. The monoisotopic (exact) mass is 348 g/mol. The smallest absolute Gasteiger partial charge is 0.225 e. The molecule has 1 fully saturated rings. The predicted molar refractivity (Wildman–Crippen MR) is 95.9 cm³/mol. The van der Waals surface area contributed by atoms with E-state index in [-0.39, 0.29) is 17.7 Å². The summed E-state index contributed by atoms with van der Waals surface area (Å²) in [7, 11) is 3.21. The molecule has 1 aliphatic rings. The Morgan fingerprint density at radius 1 is 1.28 bits per heavy atom. The molecular formula is C19H28N2O4. The summed E-state index contributed by atoms with van der Waals surface area (Å²) in [5.74, 6) is 1.19. The molecule has 2 rings (SSSR count). The van der Waals surface area contributed by atoms with E-state index >= 15 is 0 Å². The van der Waals surface area contributed by atoms with Gasteiger partial charge in [-0.25, -0.2) is 0 Å². The van der Waals surface area contributed by atoms with E-state index in [9.17, 15) is 9.59 Å². The van der Waals surface area contributed by atoms with E-state index < -0.39 is 0 Å². The quantitative estimate of drug-likeness (QED) is 0.693. The number of likely N-dealkylation sites (tertiary alicyclic amines) is 1. The number of benzene rings is 1. The Kier molecular flexibility index (Phi) is 7.10. The van der Waals surface area contributed by atoms with Crippen molar-refractivity contribution in [1.29, 1.82) is 0 Å². The van der Waals surface area contributed by atoms with E-state index in [1.807, 2.05) is 18.2 Å². The molecule has 1 aromatic rings. The van der Waals surface area contributed by atoms with Crippen LogP contribution in [0, 0.1) is 5.92 Å². The first-order chi connectivity index (χ1) is 12.1. The molecule has 2 amide bonds. The van der Waals surface area contributed by atoms with Crippen LogP contribution in [0.4, 0.5) is 0 Å². The van der Waals surface area contributed by atoms with Crippen LogP contribution in [0.5, 0.6) is 11.5 Å². The first kappa shape index (κ1) is 19.1. The highest BCUT2D eigenvalue weighted by molar-refractivity contribution is 5.89. The van der Waals surface area contributed by atoms with Crippen molar-refractivity contribution in [2.24, 2.45) is 5.92 Å². The van der Waals surface area contributed by atoms with Gasteiger partial charge in [0.15, 0.2) is 11.5 Å². The van der Waals surface area contributed by atoms with Gasteiger partial charge in [-0.05, 0) is 30.5 Å². The zero-order chi connectivity index (χ0) is 18.2. The molecule has 25 heavy (non-hydrogen) atoms. The van der Waals surface area contributed by atoms with E-state index in [1.165, 1.54) is 0 Å². The molecule has 1 heterocycles. The van der Waals surface area contributed by atoms with Crippen LogP contribution in [0.25, 0.3) is 0 Å². The fourth-order valence-corrected chi connectivity index (χ4v) is 3.00. The summed E-state index contributed by atoms with van der Waals surface area (Å²) in [5.41, 5.74) is 1.07. The second kappa shape index (κ2) is 9.30. The van der Waals surface area contributed by atoms with Gasteiger partial charge < -0.3 is 19.7 Å². The summed E-state index contributed by atoms with van der Waals surface area (Å²) in [6.45, 7) is 3.88. The average molecular weight is 348 g/mol. The Hall–Kier alpha value is -2.24. The van der Waals surface area contributed by atoms with Gasteiger partial charge in [0.25, 0.3) is 0 Å². The number of nitrogens with one attached hydrogen (secondary N) is 1. The average Bonchev–Trinajstić information content (AvgIpc) is 3.00. The summed E-state index contributed by atoms with van der Waals surface area (Å²) < 4.78 is 10.5. The lowest BCUT2D eigenvalue weighted by atomic mass is 10.1. The van der Waals surface area contributed by atoms with Crippen molar-refractivity contribution in [1.82, 2.24) is 10.2 Å². The van der Waals surface area contributed by atoms with E-state index in [0.29, 0.717) is 37.6 Å². The highest BCUT2D eigenvalue weighted by Crippen LogP contribution is 2.28. The first-order valence-corrected chi connectivity index (χ1v) is 8.85. The number of nitrogens with zero attached hydrogens (tertiary/aromatic N) is 1. The van der Waals surface area contributed by atoms with Gasteiger partial charge in [-0.1, -0.05) is 19.4 Å². The van der Waals surface area contributed by atoms with Crippen LogP contribution in [0.1, 0.15) is 31.7 Å². The van der Waals surface area contributed by atoms with Crippen molar-refractivity contribution < 1.29 is 19.1 Å². The number of amides is 2. The van der Waals surface area contributed by atoms with Crippen LogP contribution in [0.15, 0.2) is 18.2 Å². The molecule has 1 N–H and O–H groups in total. The normalized spacial score (nSPS) is 16.8. The van der Waals surface area contributed by atoms with Gasteiger partial charge in [-0.2, -0.15) is 0 Å². The number of unbranched alkanes of at least 4 members (excludes halogenated alkanes) is 1. The lowest BCUT2D eigenvalue weighted by Crippen LogP contribution is -2.34. The van der Waals surface area contributed by atoms with Crippen molar-refractivity contribution in [2.75, 3.05) is 33.9 Å². The van der Waals surface area contributed by atoms with E-state index in [1.54, 1.807) is 19.1 Å². The topological polar surface area (TPSA) is 67.9 Å². The number of methoxy groups -OCH3 is 2. The molecule has 0 aliphatic carbocycles. The van der Waals surface area contributed by atoms with E-state index in [4.69, 9.17) is 9.47 Å². The van der Waals surface area contributed by atoms with Gasteiger partial charge in [0.1, 0.15) is 0 Å². The minimum Gasteiger partial charge on any atom is -0.493 e. The minimum absolute atomic E-state index is 0.00424. The van der Waals surface area contributed by atoms with Crippen LogP contribution in [-0.4, -0.2) is 50.6 Å². The van der Waals surface area contributed by atoms with Gasteiger partial charge in [0.05, 0.1) is 20.1 Å². The van der Waals surface area contributed by atoms with E-state index in [0.717, 1.165) is 24.8 Å². The van der Waals surface area contributed by atoms with Gasteiger partial charge in [0.2, 0.25) is 11.8 Å². The molecule has 1 aliphatic heterocycles. The highest BCUT2D eigenvalue weighted by Gasteiger charge is 2.33. The number of ether oxygens (including phenoxy) is 2. The molecule has 1 atom stereocenters. The maximum Gasteiger partial charge on any atom is 0.225 e. The van der Waals surface area contributed by atoms with Crippen molar-refractivity contribution >= 4 is 11.8 Å². The Morgan fingerprint density at radius 3 is 2.72 bits per heavy atom. The number of carbonyl (C=O) groups is 2. The fraction of sp³-hybridized carbons (Fsp3) is 0.579. The van der Waals surface area contributed by atoms with Gasteiger partial charge >= 0.3 is 0 Å². The number of hydrogen-bond acceptors (Lipinski definition) is 4. The molecule has 0 aromatic heterocycles. The van der Waals surface area contributed by atoms with Gasteiger partial charge in [-0.3, -0.25) is 9.59 Å². The molecule has 1 aromatic carbocycles. The van der Waals surface area contributed by atoms with Crippen LogP contribution in [0.2, 0.25) is 0 Å². The van der Waals surface area contributed by atoms with Crippen molar-refractivity contribution in [3.8, 4) is 11.5 Å². The molecule has 0 saturated carbocycles. The Morgan fingerprint density at radius 2 is 2.04 bits per heavy atom. The van der Waals surface area contributed by atoms with Crippen LogP contribution in [-0.2, 0) is 16.0 Å². The summed E-state index contributed by atoms with van der Waals surface area (Å²) in [4.78, 5) is 26.1. The molecule has 0 radical (unpaired) electrons. The Labute approximate surface area is 149 Å². The predicted octanol–water partition coefficient (Wildman–Crippen LogP) is 2.01. The molecule has 6 heteroatoms. The molecule has 138 valence electrons. The maximum atomic E-state index is 12.2. The first-order valence-electron chi connectivity index (χ1n) is 8.85. The Bertz CT molecular complexity index is 603. The van der Waals surface area contributed by atoms with Crippen LogP contribution >= 0.6 is 0 Å². The maximum absolute atomic E-state index is 12.2. The molecule has 1 unspecified atom stereocenters. The number of hydrogen-bond donors (Lipinski definition) is 1. The summed E-state index contributed by atoms with van der Waals surface area (Å²) >= 11 is 0. The lowest BCUT2D eigenvalue weighted by Gasteiger charge is -2.17. The second-order valence-electron chi connectivity index (χ2n) is 6.32. The lowest BCUT2D eigenvalue weighted by molar-refractivity contribution is -0.129. The SMILES string of the molecule is CCCCNC(=O)C1CC(=O)N(CCc2ccc(OC)c(OC)c2)C1. The standard InChI is InChI=1S/C19H28N2O4/c1-4-5-9-20-19(23)15-12-18(22)21(13-15)10-8-14-6-7-16(24-2)17(11-14)25-3/h6-7,11,15H,4-5,8-10,12-13H2,1-3H3,(H,20,23). The summed E-state index contributed by atoms with van der Waals surface area (Å²) in [6, 6.07) is 5.76. The fourth-order valence-electron chi connectivity index (χ4n) is 3.00. The molecule has 1 saturated heterocycles. The number of carbonyl (C=O) groups excluding carboxylic acids is 2. The largest absolute Gasteiger partial charge is 0.493 e. The zero-order valence-corrected chi connectivity index (χ0v) is 15.3. The van der Waals surface area contributed by atoms with Crippen molar-refractivity contribution in [3.63, 3.8) is 0 Å². The third-order valence-electron chi connectivity index (χ3n) is 4.53. The van der Waals surface area contributed by atoms with Crippen molar-refractivity contribution in [2.45, 2.75) is 32.6 Å². The van der Waals surface area contributed by atoms with E-state index in [2.05, 4.69) is 12.2 Å². The molecule has 0 spiro atoms. The molecule has 6 nitrogen and oxygen atoms in total. The second-order valence-corrected chi connectivity index (χ2v) is 6.32. The molecular weight excluding hydrogens is 320 g/mol. The third-order valence-corrected chi connectivity index (χ3v) is 4.53. The third kappa shape index (κ3) is 5.11. The van der Waals surface area contributed by atoms with Crippen LogP contribution < -0.4 is 14.8 Å². The number of rotatable bonds is 9. The minimum atomic E-state index is -0.227. The Balaban J connectivity index is 1.87. The summed E-state index contributed by atoms with van der Waals surface area (Å²) in [6.07, 6.45) is 3.04. The van der Waals surface area contributed by atoms with Crippen LogP contribution in [0.3, 0.4) is 0 Å². The molecule has 0 bridgehead atoms. The van der Waals surface area contributed by atoms with Gasteiger partial charge in [-0.15, -0.1) is 0 Å². The highest BCUT2D eigenvalue weighted by atomic mass is 16.5. The zero-order valence-electron chi connectivity index (χ0n) is 15.3.